The van der Waals surface area contributed by atoms with Gasteiger partial charge in [-0.3, -0.25) is 9.10 Å². The third-order valence-electron chi connectivity index (χ3n) is 4.43. The van der Waals surface area contributed by atoms with E-state index in [9.17, 15) is 13.2 Å². The molecule has 0 bridgehead atoms. The van der Waals surface area contributed by atoms with E-state index in [-0.39, 0.29) is 0 Å². The van der Waals surface area contributed by atoms with Gasteiger partial charge in [-0.05, 0) is 74.2 Å². The largest absolute Gasteiger partial charge is 0.366 e. The molecule has 0 aliphatic heterocycles. The van der Waals surface area contributed by atoms with E-state index in [2.05, 4.69) is 0 Å². The minimum absolute atomic E-state index is 0.335. The van der Waals surface area contributed by atoms with Gasteiger partial charge in [0.2, 0.25) is 5.91 Å². The third kappa shape index (κ3) is 3.01. The summed E-state index contributed by atoms with van der Waals surface area (Å²) in [4.78, 5) is 11.5. The zero-order valence-corrected chi connectivity index (χ0v) is 15.4. The molecule has 0 saturated heterocycles. The van der Waals surface area contributed by atoms with Crippen LogP contribution >= 0.6 is 0 Å². The second kappa shape index (κ2) is 6.28. The number of aryl methyl sites for hydroxylation is 2. The van der Waals surface area contributed by atoms with E-state index < -0.39 is 15.9 Å². The van der Waals surface area contributed by atoms with Crippen LogP contribution in [0.15, 0.2) is 35.2 Å². The highest BCUT2D eigenvalue weighted by molar-refractivity contribution is 7.92. The van der Waals surface area contributed by atoms with E-state index in [0.29, 0.717) is 16.1 Å². The molecule has 0 atom stereocenters. The lowest BCUT2D eigenvalue weighted by Crippen LogP contribution is -2.28. The van der Waals surface area contributed by atoms with E-state index in [4.69, 9.17) is 5.73 Å². The van der Waals surface area contributed by atoms with Crippen molar-refractivity contribution < 1.29 is 13.2 Å². The quantitative estimate of drug-likeness (QED) is 0.924. The number of amides is 1. The van der Waals surface area contributed by atoms with Crippen molar-refractivity contribution in [2.75, 3.05) is 11.4 Å². The summed E-state index contributed by atoms with van der Waals surface area (Å²) in [5, 5.41) is 0. The number of rotatable bonds is 4. The van der Waals surface area contributed by atoms with Gasteiger partial charge in [0.25, 0.3) is 10.0 Å². The Balaban J connectivity index is 2.57. The van der Waals surface area contributed by atoms with Gasteiger partial charge in [-0.25, -0.2) is 8.42 Å². The van der Waals surface area contributed by atoms with E-state index in [1.54, 1.807) is 12.1 Å². The van der Waals surface area contributed by atoms with Crippen LogP contribution in [-0.4, -0.2) is 21.4 Å². The Labute approximate surface area is 143 Å². The Bertz CT molecular complexity index is 875. The average Bonchev–Trinajstić information content (AvgIpc) is 2.52. The minimum Gasteiger partial charge on any atom is -0.366 e. The van der Waals surface area contributed by atoms with Gasteiger partial charge in [0.15, 0.2) is 0 Å². The van der Waals surface area contributed by atoms with Crippen LogP contribution in [0.3, 0.4) is 0 Å². The second-order valence-corrected chi connectivity index (χ2v) is 7.88. The maximum Gasteiger partial charge on any atom is 0.264 e. The Morgan fingerprint density at radius 2 is 1.42 bits per heavy atom. The number of anilines is 1. The number of primary amides is 1. The molecule has 0 heterocycles. The Hall–Kier alpha value is -2.34. The summed E-state index contributed by atoms with van der Waals surface area (Å²) in [6.45, 7) is 7.45. The van der Waals surface area contributed by atoms with Crippen LogP contribution in [0.2, 0.25) is 0 Å². The molecule has 6 heteroatoms. The number of sulfonamides is 1. The Morgan fingerprint density at radius 3 is 1.83 bits per heavy atom. The summed E-state index contributed by atoms with van der Waals surface area (Å²) >= 11 is 0. The van der Waals surface area contributed by atoms with Crippen LogP contribution in [-0.2, 0) is 10.0 Å². The van der Waals surface area contributed by atoms with Crippen LogP contribution < -0.4 is 10.0 Å². The van der Waals surface area contributed by atoms with Gasteiger partial charge in [0, 0.05) is 12.6 Å². The van der Waals surface area contributed by atoms with Crippen LogP contribution in [0.4, 0.5) is 5.69 Å². The molecule has 2 aromatic carbocycles. The molecule has 128 valence electrons. The molecule has 0 fully saturated rings. The second-order valence-electron chi connectivity index (χ2n) is 5.97. The molecule has 24 heavy (non-hydrogen) atoms. The molecule has 0 aliphatic carbocycles. The SMILES string of the molecule is Cc1cc(C)c(C)c(S(=O)(=O)N(C)c2ccc(C(N)=O)cc2)c1C. The highest BCUT2D eigenvalue weighted by atomic mass is 32.2. The predicted molar refractivity (Wildman–Crippen MR) is 95.9 cm³/mol. The molecule has 0 spiro atoms. The van der Waals surface area contributed by atoms with Crippen molar-refractivity contribution in [2.24, 2.45) is 5.73 Å². The maximum absolute atomic E-state index is 13.1. The van der Waals surface area contributed by atoms with Crippen molar-refractivity contribution in [3.63, 3.8) is 0 Å². The van der Waals surface area contributed by atoms with Gasteiger partial charge in [0.05, 0.1) is 10.6 Å². The predicted octanol–water partition coefficient (Wildman–Crippen LogP) is 2.84. The summed E-state index contributed by atoms with van der Waals surface area (Å²) in [7, 11) is -2.21. The molecule has 0 aliphatic rings. The van der Waals surface area contributed by atoms with Gasteiger partial charge in [0.1, 0.15) is 0 Å². The minimum atomic E-state index is -3.71. The van der Waals surface area contributed by atoms with Gasteiger partial charge in [-0.1, -0.05) is 6.07 Å². The van der Waals surface area contributed by atoms with Gasteiger partial charge in [-0.15, -0.1) is 0 Å². The standard InChI is InChI=1S/C18H22N2O3S/c1-11-10-12(2)14(4)17(13(11)3)24(22,23)20(5)16-8-6-15(7-9-16)18(19)21/h6-10H,1-5H3,(H2,19,21). The maximum atomic E-state index is 13.1. The summed E-state index contributed by atoms with van der Waals surface area (Å²) in [5.41, 5.74) is 9.40. The first-order chi connectivity index (χ1) is 11.1. The van der Waals surface area contributed by atoms with Gasteiger partial charge in [-0.2, -0.15) is 0 Å². The average molecular weight is 346 g/mol. The topological polar surface area (TPSA) is 80.5 Å². The lowest BCUT2D eigenvalue weighted by atomic mass is 10.0. The molecule has 2 N–H and O–H groups in total. The molecule has 2 aromatic rings. The lowest BCUT2D eigenvalue weighted by Gasteiger charge is -2.23. The summed E-state index contributed by atoms with van der Waals surface area (Å²) in [5.74, 6) is -0.548. The fourth-order valence-electron chi connectivity index (χ4n) is 2.68. The van der Waals surface area contributed by atoms with Crippen LogP contribution in [0, 0.1) is 27.7 Å². The van der Waals surface area contributed by atoms with E-state index in [1.807, 2.05) is 33.8 Å². The van der Waals surface area contributed by atoms with Crippen molar-refractivity contribution in [2.45, 2.75) is 32.6 Å². The first kappa shape index (κ1) is 18.0. The van der Waals surface area contributed by atoms with Crippen molar-refractivity contribution in [1.82, 2.24) is 0 Å². The van der Waals surface area contributed by atoms with E-state index in [0.717, 1.165) is 22.3 Å². The smallest absolute Gasteiger partial charge is 0.264 e. The molecule has 0 unspecified atom stereocenters. The number of hydrogen-bond acceptors (Lipinski definition) is 3. The first-order valence-electron chi connectivity index (χ1n) is 7.53. The number of benzene rings is 2. The van der Waals surface area contributed by atoms with Crippen LogP contribution in [0.1, 0.15) is 32.6 Å². The van der Waals surface area contributed by atoms with Crippen molar-refractivity contribution in [3.8, 4) is 0 Å². The molecule has 2 rings (SSSR count). The number of nitrogens with two attached hydrogens (primary N) is 1. The third-order valence-corrected chi connectivity index (χ3v) is 6.49. The Kier molecular flexibility index (Phi) is 4.71. The summed E-state index contributed by atoms with van der Waals surface area (Å²) in [6, 6.07) is 8.18. The Morgan fingerprint density at radius 1 is 0.958 bits per heavy atom. The molecule has 1 amide bonds. The van der Waals surface area contributed by atoms with Gasteiger partial charge >= 0.3 is 0 Å². The fraction of sp³-hybridized carbons (Fsp3) is 0.278. The normalized spacial score (nSPS) is 11.4. The highest BCUT2D eigenvalue weighted by Gasteiger charge is 2.27. The summed E-state index contributed by atoms with van der Waals surface area (Å²) < 4.78 is 27.5. The monoisotopic (exact) mass is 346 g/mol. The molecule has 5 nitrogen and oxygen atoms in total. The van der Waals surface area contributed by atoms with Gasteiger partial charge < -0.3 is 5.73 Å². The molecular formula is C18H22N2O3S. The number of nitrogens with zero attached hydrogens (tertiary/aromatic N) is 1. The number of hydrogen-bond donors (Lipinski definition) is 1. The molecule has 0 aromatic heterocycles. The van der Waals surface area contributed by atoms with Crippen LogP contribution in [0.25, 0.3) is 0 Å². The van der Waals surface area contributed by atoms with Crippen molar-refractivity contribution in [3.05, 3.63) is 58.1 Å². The summed E-state index contributed by atoms with van der Waals surface area (Å²) in [6.07, 6.45) is 0. The number of carbonyl (C=O) groups is 1. The fourth-order valence-corrected chi connectivity index (χ4v) is 4.45. The van der Waals surface area contributed by atoms with Crippen molar-refractivity contribution >= 4 is 21.6 Å². The zero-order valence-electron chi connectivity index (χ0n) is 14.5. The highest BCUT2D eigenvalue weighted by Crippen LogP contribution is 2.30. The van der Waals surface area contributed by atoms with Crippen LogP contribution in [0.5, 0.6) is 0 Å². The number of carbonyl (C=O) groups excluding carboxylic acids is 1. The zero-order chi connectivity index (χ0) is 18.2. The molecular weight excluding hydrogens is 324 g/mol. The first-order valence-corrected chi connectivity index (χ1v) is 8.97. The molecule has 0 radical (unpaired) electrons. The van der Waals surface area contributed by atoms with E-state index >= 15 is 0 Å². The van der Waals surface area contributed by atoms with Crippen molar-refractivity contribution in [1.29, 1.82) is 0 Å². The van der Waals surface area contributed by atoms with E-state index in [1.165, 1.54) is 23.5 Å². The molecule has 0 saturated carbocycles. The lowest BCUT2D eigenvalue weighted by molar-refractivity contribution is 0.100.